The molecule has 0 fully saturated rings. The third-order valence-corrected chi connectivity index (χ3v) is 2.09. The summed E-state index contributed by atoms with van der Waals surface area (Å²) in [5, 5.41) is 0. The molecular formula is C12H17NO3. The molecular weight excluding hydrogens is 206 g/mol. The zero-order chi connectivity index (χ0) is 12.0. The Labute approximate surface area is 95.3 Å². The van der Waals surface area contributed by atoms with Crippen molar-refractivity contribution in [3.8, 4) is 5.75 Å². The van der Waals surface area contributed by atoms with Crippen LogP contribution in [0, 0.1) is 0 Å². The Kier molecular flexibility index (Phi) is 4.79. The minimum atomic E-state index is -0.393. The number of carbonyl (C=O) groups is 1. The Morgan fingerprint density at radius 2 is 2.12 bits per heavy atom. The highest BCUT2D eigenvalue weighted by Gasteiger charge is 2.07. The molecule has 1 atom stereocenters. The van der Waals surface area contributed by atoms with E-state index in [0.717, 1.165) is 12.0 Å². The van der Waals surface area contributed by atoms with Gasteiger partial charge in [-0.2, -0.15) is 0 Å². The molecule has 0 radical (unpaired) electrons. The summed E-state index contributed by atoms with van der Waals surface area (Å²) in [5.41, 5.74) is 6.73. The van der Waals surface area contributed by atoms with Crippen molar-refractivity contribution in [3.63, 3.8) is 0 Å². The van der Waals surface area contributed by atoms with Crippen LogP contribution in [0.3, 0.4) is 0 Å². The maximum absolute atomic E-state index is 10.9. The first-order chi connectivity index (χ1) is 7.63. The average molecular weight is 223 g/mol. The summed E-state index contributed by atoms with van der Waals surface area (Å²) in [6.45, 7) is 1.85. The first kappa shape index (κ1) is 12.5. The lowest BCUT2D eigenvalue weighted by Gasteiger charge is -2.12. The highest BCUT2D eigenvalue weighted by Crippen LogP contribution is 2.19. The first-order valence-corrected chi connectivity index (χ1v) is 5.16. The summed E-state index contributed by atoms with van der Waals surface area (Å²) >= 11 is 0. The van der Waals surface area contributed by atoms with Gasteiger partial charge in [-0.1, -0.05) is 18.2 Å². The van der Waals surface area contributed by atoms with E-state index in [1.165, 1.54) is 7.11 Å². The van der Waals surface area contributed by atoms with Gasteiger partial charge in [-0.15, -0.1) is 0 Å². The first-order valence-electron chi connectivity index (χ1n) is 5.16. The van der Waals surface area contributed by atoms with E-state index in [2.05, 4.69) is 4.74 Å². The molecule has 1 aromatic carbocycles. The van der Waals surface area contributed by atoms with E-state index in [-0.39, 0.29) is 12.6 Å². The highest BCUT2D eigenvalue weighted by atomic mass is 16.6. The maximum Gasteiger partial charge on any atom is 0.343 e. The van der Waals surface area contributed by atoms with Crippen LogP contribution in [0.15, 0.2) is 24.3 Å². The van der Waals surface area contributed by atoms with Crippen LogP contribution in [0.2, 0.25) is 0 Å². The number of para-hydroxylation sites is 1. The van der Waals surface area contributed by atoms with Crippen LogP contribution in [-0.2, 0) is 16.0 Å². The molecule has 88 valence electrons. The fourth-order valence-corrected chi connectivity index (χ4v) is 1.36. The topological polar surface area (TPSA) is 61.5 Å². The second kappa shape index (κ2) is 6.12. The predicted molar refractivity (Wildman–Crippen MR) is 61.3 cm³/mol. The van der Waals surface area contributed by atoms with Crippen molar-refractivity contribution in [2.45, 2.75) is 19.4 Å². The van der Waals surface area contributed by atoms with Gasteiger partial charge < -0.3 is 15.2 Å². The Morgan fingerprint density at radius 3 is 2.75 bits per heavy atom. The van der Waals surface area contributed by atoms with E-state index in [0.29, 0.717) is 5.75 Å². The van der Waals surface area contributed by atoms with Crippen molar-refractivity contribution in [1.29, 1.82) is 0 Å². The molecule has 0 amide bonds. The number of benzene rings is 1. The second-order valence-corrected chi connectivity index (χ2v) is 3.65. The van der Waals surface area contributed by atoms with E-state index in [1.807, 2.05) is 31.2 Å². The molecule has 0 saturated heterocycles. The van der Waals surface area contributed by atoms with E-state index < -0.39 is 5.97 Å². The van der Waals surface area contributed by atoms with Gasteiger partial charge in [-0.05, 0) is 25.0 Å². The van der Waals surface area contributed by atoms with Gasteiger partial charge >= 0.3 is 5.97 Å². The zero-order valence-corrected chi connectivity index (χ0v) is 9.60. The number of hydrogen-bond donors (Lipinski definition) is 1. The van der Waals surface area contributed by atoms with Crippen LogP contribution in [0.25, 0.3) is 0 Å². The number of nitrogens with two attached hydrogens (primary N) is 1. The van der Waals surface area contributed by atoms with Gasteiger partial charge in [0.1, 0.15) is 5.75 Å². The number of carbonyl (C=O) groups excluding carboxylic acids is 1. The molecule has 0 aliphatic carbocycles. The lowest BCUT2D eigenvalue weighted by molar-refractivity contribution is -0.142. The Morgan fingerprint density at radius 1 is 1.44 bits per heavy atom. The molecule has 0 bridgehead atoms. The van der Waals surface area contributed by atoms with Crippen molar-refractivity contribution >= 4 is 5.97 Å². The van der Waals surface area contributed by atoms with Gasteiger partial charge in [-0.3, -0.25) is 0 Å². The molecule has 4 heteroatoms. The molecule has 16 heavy (non-hydrogen) atoms. The van der Waals surface area contributed by atoms with Gasteiger partial charge in [0.25, 0.3) is 0 Å². The highest BCUT2D eigenvalue weighted by molar-refractivity contribution is 5.70. The molecule has 1 unspecified atom stereocenters. The molecule has 0 heterocycles. The number of methoxy groups -OCH3 is 1. The van der Waals surface area contributed by atoms with Gasteiger partial charge in [0, 0.05) is 6.04 Å². The van der Waals surface area contributed by atoms with E-state index in [4.69, 9.17) is 10.5 Å². The van der Waals surface area contributed by atoms with Crippen molar-refractivity contribution in [3.05, 3.63) is 29.8 Å². The van der Waals surface area contributed by atoms with E-state index >= 15 is 0 Å². The van der Waals surface area contributed by atoms with Crippen LogP contribution < -0.4 is 10.5 Å². The Balaban J connectivity index is 2.67. The van der Waals surface area contributed by atoms with Crippen molar-refractivity contribution in [2.75, 3.05) is 13.7 Å². The Bertz CT molecular complexity index is 350. The summed E-state index contributed by atoms with van der Waals surface area (Å²) in [5.74, 6) is 0.292. The largest absolute Gasteiger partial charge is 0.482 e. The minimum Gasteiger partial charge on any atom is -0.482 e. The van der Waals surface area contributed by atoms with Crippen LogP contribution in [0.1, 0.15) is 12.5 Å². The predicted octanol–water partition coefficient (Wildman–Crippen LogP) is 1.13. The van der Waals surface area contributed by atoms with Gasteiger partial charge in [0.2, 0.25) is 0 Å². The van der Waals surface area contributed by atoms with Crippen LogP contribution >= 0.6 is 0 Å². The lowest BCUT2D eigenvalue weighted by atomic mass is 10.1. The number of rotatable bonds is 5. The quantitative estimate of drug-likeness (QED) is 0.760. The third-order valence-electron chi connectivity index (χ3n) is 2.09. The van der Waals surface area contributed by atoms with Crippen LogP contribution in [-0.4, -0.2) is 25.7 Å². The fourth-order valence-electron chi connectivity index (χ4n) is 1.36. The molecule has 2 N–H and O–H groups in total. The van der Waals surface area contributed by atoms with Crippen molar-refractivity contribution in [2.24, 2.45) is 5.73 Å². The molecule has 0 aliphatic rings. The van der Waals surface area contributed by atoms with Crippen LogP contribution in [0.4, 0.5) is 0 Å². The van der Waals surface area contributed by atoms with Crippen LogP contribution in [0.5, 0.6) is 5.75 Å². The van der Waals surface area contributed by atoms with Crippen molar-refractivity contribution in [1.82, 2.24) is 0 Å². The minimum absolute atomic E-state index is 0.0582. The molecule has 0 saturated carbocycles. The number of ether oxygens (including phenoxy) is 2. The SMILES string of the molecule is COC(=O)COc1ccccc1CC(C)N. The molecule has 0 aliphatic heterocycles. The fraction of sp³-hybridized carbons (Fsp3) is 0.417. The molecule has 1 rings (SSSR count). The summed E-state index contributed by atoms with van der Waals surface area (Å²) in [4.78, 5) is 10.9. The number of esters is 1. The summed E-state index contributed by atoms with van der Waals surface area (Å²) in [6, 6.07) is 7.60. The average Bonchev–Trinajstić information content (AvgIpc) is 2.26. The number of hydrogen-bond acceptors (Lipinski definition) is 4. The van der Waals surface area contributed by atoms with Gasteiger partial charge in [0.05, 0.1) is 7.11 Å². The molecule has 0 spiro atoms. The van der Waals surface area contributed by atoms with Crippen molar-refractivity contribution < 1.29 is 14.3 Å². The monoisotopic (exact) mass is 223 g/mol. The molecule has 0 aromatic heterocycles. The standard InChI is InChI=1S/C12H17NO3/c1-9(13)7-10-5-3-4-6-11(10)16-8-12(14)15-2/h3-6,9H,7-8,13H2,1-2H3. The summed E-state index contributed by atoms with van der Waals surface area (Å²) in [6.07, 6.45) is 0.720. The molecule has 4 nitrogen and oxygen atoms in total. The summed E-state index contributed by atoms with van der Waals surface area (Å²) < 4.78 is 9.86. The normalized spacial score (nSPS) is 11.9. The lowest BCUT2D eigenvalue weighted by Crippen LogP contribution is -2.19. The van der Waals surface area contributed by atoms with E-state index in [9.17, 15) is 4.79 Å². The summed E-state index contributed by atoms with van der Waals surface area (Å²) in [7, 11) is 1.33. The van der Waals surface area contributed by atoms with Gasteiger partial charge in [0.15, 0.2) is 6.61 Å². The Hall–Kier alpha value is -1.55. The zero-order valence-electron chi connectivity index (χ0n) is 9.60. The third kappa shape index (κ3) is 3.90. The smallest absolute Gasteiger partial charge is 0.343 e. The van der Waals surface area contributed by atoms with E-state index in [1.54, 1.807) is 0 Å². The maximum atomic E-state index is 10.9. The molecule has 1 aromatic rings. The van der Waals surface area contributed by atoms with Gasteiger partial charge in [-0.25, -0.2) is 4.79 Å². The second-order valence-electron chi connectivity index (χ2n) is 3.65.